The topological polar surface area (TPSA) is 130 Å². The van der Waals surface area contributed by atoms with Crippen molar-refractivity contribution in [3.05, 3.63) is 53.6 Å². The van der Waals surface area contributed by atoms with Gasteiger partial charge in [0.25, 0.3) is 5.91 Å². The summed E-state index contributed by atoms with van der Waals surface area (Å²) in [4.78, 5) is 60.6. The summed E-state index contributed by atoms with van der Waals surface area (Å²) in [6.45, 7) is 8.02. The van der Waals surface area contributed by atoms with Gasteiger partial charge >= 0.3 is 18.1 Å². The number of esters is 1. The molecule has 0 aromatic heterocycles. The van der Waals surface area contributed by atoms with Crippen LogP contribution in [0.15, 0.2) is 42.5 Å². The van der Waals surface area contributed by atoms with Crippen LogP contribution in [0.1, 0.15) is 56.6 Å². The molecule has 3 fully saturated rings. The van der Waals surface area contributed by atoms with E-state index >= 15 is 0 Å². The predicted molar refractivity (Wildman–Crippen MR) is 197 cm³/mol. The molecule has 0 unspecified atom stereocenters. The monoisotopic (exact) mass is 731 g/mol. The van der Waals surface area contributed by atoms with Gasteiger partial charge in [-0.05, 0) is 106 Å². The molecule has 0 spiro atoms. The number of fused-ring (bicyclic) bond motifs is 2. The zero-order valence-corrected chi connectivity index (χ0v) is 30.8. The van der Waals surface area contributed by atoms with E-state index in [2.05, 4.69) is 10.2 Å². The number of carbonyl (C=O) groups excluding carboxylic acids is 4. The molecule has 0 aliphatic carbocycles. The van der Waals surface area contributed by atoms with Crippen molar-refractivity contribution in [2.45, 2.75) is 70.4 Å². The molecule has 0 radical (unpaired) electrons. The molecule has 7 rings (SSSR count). The van der Waals surface area contributed by atoms with E-state index in [9.17, 15) is 19.2 Å². The van der Waals surface area contributed by atoms with Crippen LogP contribution in [-0.4, -0.2) is 128 Å². The molecular formula is C40H53N5O8. The van der Waals surface area contributed by atoms with Crippen molar-refractivity contribution in [3.63, 3.8) is 0 Å². The molecule has 5 aliphatic rings. The summed E-state index contributed by atoms with van der Waals surface area (Å²) in [6.07, 6.45) is 4.66. The summed E-state index contributed by atoms with van der Waals surface area (Å²) in [5.74, 6) is 2.04. The van der Waals surface area contributed by atoms with E-state index in [-0.39, 0.29) is 30.4 Å². The number of hydrogen-bond donors (Lipinski definition) is 1. The third-order valence-electron chi connectivity index (χ3n) is 11.7. The summed E-state index contributed by atoms with van der Waals surface area (Å²) in [5.41, 5.74) is 2.80. The first-order valence-electron chi connectivity index (χ1n) is 19.5. The van der Waals surface area contributed by atoms with E-state index in [1.165, 1.54) is 0 Å². The molecule has 1 N–H and O–H groups in total. The summed E-state index contributed by atoms with van der Waals surface area (Å²) in [7, 11) is 0. The maximum atomic E-state index is 14.2. The molecule has 286 valence electrons. The number of hydrogen-bond acceptors (Lipinski definition) is 9. The number of rotatable bonds is 9. The number of nitrogens with one attached hydrogen (secondary N) is 1. The number of nitrogens with zero attached hydrogens (tertiary/aromatic N) is 4. The van der Waals surface area contributed by atoms with Gasteiger partial charge < -0.3 is 39.0 Å². The molecule has 1 atom stereocenters. The highest BCUT2D eigenvalue weighted by Gasteiger charge is 2.37. The Balaban J connectivity index is 0.951. The largest absolute Gasteiger partial charge is 0.486 e. The highest BCUT2D eigenvalue weighted by molar-refractivity contribution is 5.91. The van der Waals surface area contributed by atoms with Crippen molar-refractivity contribution in [2.24, 2.45) is 11.8 Å². The van der Waals surface area contributed by atoms with Gasteiger partial charge in [-0.1, -0.05) is 24.3 Å². The van der Waals surface area contributed by atoms with Gasteiger partial charge in [0, 0.05) is 50.9 Å². The van der Waals surface area contributed by atoms with E-state index in [0.717, 1.165) is 62.0 Å². The first-order valence-corrected chi connectivity index (χ1v) is 19.5. The lowest BCUT2D eigenvalue weighted by atomic mass is 9.78. The van der Waals surface area contributed by atoms with Crippen LogP contribution < -0.4 is 14.8 Å². The lowest BCUT2D eigenvalue weighted by Crippen LogP contribution is -2.52. The first-order chi connectivity index (χ1) is 25.8. The lowest BCUT2D eigenvalue weighted by molar-refractivity contribution is -0.144. The maximum absolute atomic E-state index is 14.2. The highest BCUT2D eigenvalue weighted by atomic mass is 16.6. The average Bonchev–Trinajstić information content (AvgIpc) is 3.35. The Bertz CT molecular complexity index is 1610. The van der Waals surface area contributed by atoms with Crippen LogP contribution in [0, 0.1) is 11.8 Å². The number of urea groups is 1. The normalized spacial score (nSPS) is 20.9. The van der Waals surface area contributed by atoms with Crippen LogP contribution in [0.25, 0.3) is 0 Å². The van der Waals surface area contributed by atoms with Gasteiger partial charge in [0.05, 0.1) is 13.2 Å². The molecule has 53 heavy (non-hydrogen) atoms. The number of ether oxygens (including phenoxy) is 4. The zero-order chi connectivity index (χ0) is 36.7. The van der Waals surface area contributed by atoms with Crippen LogP contribution >= 0.6 is 0 Å². The molecule has 4 amide bonds. The molecule has 0 saturated carbocycles. The van der Waals surface area contributed by atoms with Gasteiger partial charge in [0.2, 0.25) is 0 Å². The van der Waals surface area contributed by atoms with Gasteiger partial charge in [-0.15, -0.1) is 0 Å². The summed E-state index contributed by atoms with van der Waals surface area (Å²) < 4.78 is 22.7. The Kier molecular flexibility index (Phi) is 11.9. The molecule has 2 aromatic rings. The third-order valence-corrected chi connectivity index (χ3v) is 11.7. The van der Waals surface area contributed by atoms with Crippen LogP contribution in [0.5, 0.6) is 11.5 Å². The van der Waals surface area contributed by atoms with Crippen molar-refractivity contribution >= 4 is 29.7 Å². The van der Waals surface area contributed by atoms with Gasteiger partial charge in [-0.2, -0.15) is 0 Å². The minimum atomic E-state index is -0.986. The molecule has 5 aliphatic heterocycles. The second-order valence-corrected chi connectivity index (χ2v) is 14.9. The van der Waals surface area contributed by atoms with E-state index < -0.39 is 12.2 Å². The van der Waals surface area contributed by atoms with Crippen LogP contribution in [-0.2, 0) is 31.9 Å². The highest BCUT2D eigenvalue weighted by Crippen LogP contribution is 2.34. The molecule has 13 heteroatoms. The standard InChI is InChI=1S/C40H53N5O8/c1-2-50-37(46)27-42-16-9-29(10-17-42)30-11-18-43(19-12-30)38(47)36(26-28-7-8-34-35(25-28)52-24-23-51-34)53-40(49)44-20-14-32(15-21-44)45-22-13-31-5-3-4-6-33(31)41-39(45)48/h3-8,25,29-30,32,36H,2,9-24,26-27H2,1H3,(H,41,48)/t36-/m1/s1. The number of anilines is 1. The van der Waals surface area contributed by atoms with Crippen molar-refractivity contribution in [1.29, 1.82) is 0 Å². The number of carbonyl (C=O) groups is 4. The fraction of sp³-hybridized carbons (Fsp3) is 0.600. The van der Waals surface area contributed by atoms with Crippen LogP contribution in [0.3, 0.4) is 0 Å². The molecule has 13 nitrogen and oxygen atoms in total. The third kappa shape index (κ3) is 9.00. The minimum absolute atomic E-state index is 0.00889. The number of para-hydroxylation sites is 1. The first kappa shape index (κ1) is 36.8. The molecule has 0 bridgehead atoms. The zero-order valence-electron chi connectivity index (χ0n) is 30.8. The van der Waals surface area contributed by atoms with E-state index in [4.69, 9.17) is 18.9 Å². The number of amides is 4. The summed E-state index contributed by atoms with van der Waals surface area (Å²) in [5, 5.41) is 3.05. The Labute approximate surface area is 311 Å². The van der Waals surface area contributed by atoms with Gasteiger partial charge in [0.15, 0.2) is 17.6 Å². The maximum Gasteiger partial charge on any atom is 0.410 e. The predicted octanol–water partition coefficient (Wildman–Crippen LogP) is 4.57. The number of likely N-dealkylation sites (tertiary alicyclic amines) is 3. The molecule has 3 saturated heterocycles. The SMILES string of the molecule is CCOC(=O)CN1CCC(C2CCN(C(=O)[C@@H](Cc3ccc4c(c3)OCCO4)OC(=O)N3CCC(N4CCc5ccccc5NC4=O)CC3)CC2)CC1. The Morgan fingerprint density at radius 2 is 1.51 bits per heavy atom. The van der Waals surface area contributed by atoms with Crippen molar-refractivity contribution in [3.8, 4) is 11.5 Å². The quantitative estimate of drug-likeness (QED) is 0.369. The Morgan fingerprint density at radius 3 is 2.25 bits per heavy atom. The Hall–Kier alpha value is -4.52. The van der Waals surface area contributed by atoms with E-state index in [0.29, 0.717) is 95.3 Å². The second kappa shape index (κ2) is 17.1. The van der Waals surface area contributed by atoms with Crippen LogP contribution in [0.4, 0.5) is 15.3 Å². The fourth-order valence-electron chi connectivity index (χ4n) is 8.67. The van der Waals surface area contributed by atoms with E-state index in [1.807, 2.05) is 59.2 Å². The second-order valence-electron chi connectivity index (χ2n) is 14.9. The molecular weight excluding hydrogens is 678 g/mol. The minimum Gasteiger partial charge on any atom is -0.486 e. The number of piperidine rings is 3. The average molecular weight is 732 g/mol. The van der Waals surface area contributed by atoms with Gasteiger partial charge in [-0.3, -0.25) is 14.5 Å². The van der Waals surface area contributed by atoms with Crippen LogP contribution in [0.2, 0.25) is 0 Å². The lowest BCUT2D eigenvalue weighted by Gasteiger charge is -2.41. The number of benzene rings is 2. The summed E-state index contributed by atoms with van der Waals surface area (Å²) >= 11 is 0. The summed E-state index contributed by atoms with van der Waals surface area (Å²) in [6, 6.07) is 13.4. The Morgan fingerprint density at radius 1 is 0.830 bits per heavy atom. The van der Waals surface area contributed by atoms with Crippen molar-refractivity contribution in [2.75, 3.05) is 77.5 Å². The fourth-order valence-corrected chi connectivity index (χ4v) is 8.67. The van der Waals surface area contributed by atoms with E-state index in [1.54, 1.807) is 4.90 Å². The van der Waals surface area contributed by atoms with Gasteiger partial charge in [-0.25, -0.2) is 9.59 Å². The molecule has 2 aromatic carbocycles. The van der Waals surface area contributed by atoms with Gasteiger partial charge in [0.1, 0.15) is 13.2 Å². The van der Waals surface area contributed by atoms with Crippen molar-refractivity contribution < 1.29 is 38.1 Å². The van der Waals surface area contributed by atoms with Crippen molar-refractivity contribution in [1.82, 2.24) is 19.6 Å². The smallest absolute Gasteiger partial charge is 0.410 e. The molecule has 5 heterocycles.